The maximum atomic E-state index is 13.2. The van der Waals surface area contributed by atoms with E-state index in [4.69, 9.17) is 4.18 Å². The zero-order chi connectivity index (χ0) is 24.9. The average molecular weight is 621 g/mol. The minimum Gasteiger partial charge on any atom is -0.377 e. The van der Waals surface area contributed by atoms with E-state index in [1.54, 1.807) is 30.3 Å². The van der Waals surface area contributed by atoms with Gasteiger partial charge in [-0.2, -0.15) is 8.42 Å². The van der Waals surface area contributed by atoms with E-state index in [0.717, 1.165) is 42.6 Å². The van der Waals surface area contributed by atoms with Gasteiger partial charge in [-0.1, -0.05) is 18.2 Å². The van der Waals surface area contributed by atoms with E-state index in [1.807, 2.05) is 7.05 Å². The molecule has 6 nitrogen and oxygen atoms in total. The number of halogens is 2. The average Bonchev–Trinajstić information content (AvgIpc) is 2.83. The SMILES string of the molecule is CN1C2=C(C(=O)CCC2)C(c2cc(Br)c(OS(=O)(=O)c3ccccc3)c(Br)c2)C2=C1CCCC2=O. The molecule has 2 aliphatic carbocycles. The number of hydrogen-bond acceptors (Lipinski definition) is 6. The monoisotopic (exact) mass is 619 g/mol. The molecular weight excluding hydrogens is 598 g/mol. The molecule has 1 heterocycles. The van der Waals surface area contributed by atoms with Crippen LogP contribution >= 0.6 is 31.9 Å². The van der Waals surface area contributed by atoms with Gasteiger partial charge in [0.2, 0.25) is 0 Å². The summed E-state index contributed by atoms with van der Waals surface area (Å²) in [5, 5.41) is 0. The van der Waals surface area contributed by atoms with Crippen molar-refractivity contribution in [3.8, 4) is 5.75 Å². The Labute approximate surface area is 221 Å². The molecular formula is C26H23Br2NO5S. The summed E-state index contributed by atoms with van der Waals surface area (Å²) in [6.45, 7) is 0. The van der Waals surface area contributed by atoms with Crippen molar-refractivity contribution in [1.29, 1.82) is 0 Å². The first-order chi connectivity index (χ1) is 16.7. The highest BCUT2D eigenvalue weighted by Crippen LogP contribution is 2.50. The molecule has 0 unspecified atom stereocenters. The van der Waals surface area contributed by atoms with E-state index in [-0.39, 0.29) is 22.2 Å². The molecule has 0 atom stereocenters. The fourth-order valence-electron chi connectivity index (χ4n) is 5.26. The normalized spacial score (nSPS) is 19.1. The molecule has 0 fully saturated rings. The van der Waals surface area contributed by atoms with E-state index in [9.17, 15) is 18.0 Å². The highest BCUT2D eigenvalue weighted by Gasteiger charge is 2.42. The Morgan fingerprint density at radius 2 is 1.37 bits per heavy atom. The number of hydrogen-bond donors (Lipinski definition) is 0. The highest BCUT2D eigenvalue weighted by atomic mass is 79.9. The summed E-state index contributed by atoms with van der Waals surface area (Å²) in [5.41, 5.74) is 4.07. The van der Waals surface area contributed by atoms with Crippen LogP contribution in [0.5, 0.6) is 5.75 Å². The molecule has 0 saturated carbocycles. The van der Waals surface area contributed by atoms with Crippen molar-refractivity contribution >= 4 is 53.5 Å². The predicted octanol–water partition coefficient (Wildman–Crippen LogP) is 6.02. The quantitative estimate of drug-likeness (QED) is 0.389. The molecule has 0 amide bonds. The summed E-state index contributed by atoms with van der Waals surface area (Å²) in [6, 6.07) is 11.4. The largest absolute Gasteiger partial charge is 0.377 e. The molecule has 2 aromatic carbocycles. The second-order valence-electron chi connectivity index (χ2n) is 8.93. The Morgan fingerprint density at radius 3 is 1.89 bits per heavy atom. The summed E-state index contributed by atoms with van der Waals surface area (Å²) in [7, 11) is -2.10. The maximum Gasteiger partial charge on any atom is 0.339 e. The molecule has 0 N–H and O–H groups in total. The van der Waals surface area contributed by atoms with Crippen LogP contribution in [0.25, 0.3) is 0 Å². The molecule has 5 rings (SSSR count). The first-order valence-corrected chi connectivity index (χ1v) is 14.4. The molecule has 0 saturated heterocycles. The molecule has 0 spiro atoms. The van der Waals surface area contributed by atoms with Gasteiger partial charge in [0.15, 0.2) is 17.3 Å². The molecule has 2 aromatic rings. The number of carbonyl (C=O) groups is 2. The number of nitrogens with zero attached hydrogens (tertiary/aromatic N) is 1. The van der Waals surface area contributed by atoms with Crippen LogP contribution in [0.3, 0.4) is 0 Å². The molecule has 35 heavy (non-hydrogen) atoms. The number of allylic oxidation sites excluding steroid dienone is 4. The lowest BCUT2D eigenvalue weighted by Crippen LogP contribution is -2.37. The fraction of sp³-hybridized carbons (Fsp3) is 0.308. The number of carbonyl (C=O) groups excluding carboxylic acids is 2. The third-order valence-corrected chi connectivity index (χ3v) is 9.24. The Hall–Kier alpha value is -2.23. The lowest BCUT2D eigenvalue weighted by molar-refractivity contribution is -0.117. The van der Waals surface area contributed by atoms with Crippen molar-refractivity contribution in [3.63, 3.8) is 0 Å². The standard InChI is InChI=1S/C26H23Br2NO5S/c1-29-19-9-5-11-21(30)24(19)23(25-20(29)10-6-12-22(25)31)15-13-17(27)26(18(28)14-15)34-35(32,33)16-7-3-2-4-8-16/h2-4,7-8,13-14,23H,5-6,9-12H2,1H3. The van der Waals surface area contributed by atoms with Crippen molar-refractivity contribution in [2.45, 2.75) is 49.3 Å². The van der Waals surface area contributed by atoms with Crippen molar-refractivity contribution in [1.82, 2.24) is 4.90 Å². The second-order valence-corrected chi connectivity index (χ2v) is 12.2. The molecule has 0 aromatic heterocycles. The van der Waals surface area contributed by atoms with Gasteiger partial charge < -0.3 is 9.08 Å². The van der Waals surface area contributed by atoms with Gasteiger partial charge in [-0.05, 0) is 87.4 Å². The van der Waals surface area contributed by atoms with E-state index in [0.29, 0.717) is 32.9 Å². The Morgan fingerprint density at radius 1 is 0.857 bits per heavy atom. The van der Waals surface area contributed by atoms with Crippen molar-refractivity contribution in [2.24, 2.45) is 0 Å². The van der Waals surface area contributed by atoms with Crippen molar-refractivity contribution in [3.05, 3.63) is 79.5 Å². The number of rotatable bonds is 4. The maximum absolute atomic E-state index is 13.2. The highest BCUT2D eigenvalue weighted by molar-refractivity contribution is 9.11. The Kier molecular flexibility index (Phi) is 6.52. The van der Waals surface area contributed by atoms with Gasteiger partial charge in [-0.3, -0.25) is 9.59 Å². The number of ketones is 2. The Balaban J connectivity index is 1.62. The first-order valence-electron chi connectivity index (χ1n) is 11.4. The fourth-order valence-corrected chi connectivity index (χ4v) is 7.84. The number of Topliss-reactive ketones (excluding diaryl/α,β-unsaturated/α-hetero) is 2. The summed E-state index contributed by atoms with van der Waals surface area (Å²) in [5.74, 6) is -0.248. The van der Waals surface area contributed by atoms with Crippen LogP contribution in [-0.2, 0) is 19.7 Å². The van der Waals surface area contributed by atoms with Gasteiger partial charge in [0, 0.05) is 48.3 Å². The predicted molar refractivity (Wildman–Crippen MR) is 138 cm³/mol. The summed E-state index contributed by atoms with van der Waals surface area (Å²) in [6.07, 6.45) is 4.08. The lowest BCUT2D eigenvalue weighted by atomic mass is 9.71. The van der Waals surface area contributed by atoms with Gasteiger partial charge in [-0.25, -0.2) is 0 Å². The third kappa shape index (κ3) is 4.32. The zero-order valence-corrected chi connectivity index (χ0v) is 23.0. The van der Waals surface area contributed by atoms with Gasteiger partial charge in [0.1, 0.15) is 4.90 Å². The number of benzene rings is 2. The van der Waals surface area contributed by atoms with Crippen LogP contribution in [0.15, 0.2) is 78.8 Å². The van der Waals surface area contributed by atoms with Gasteiger partial charge >= 0.3 is 10.1 Å². The lowest BCUT2D eigenvalue weighted by Gasteiger charge is -2.42. The van der Waals surface area contributed by atoms with Crippen LogP contribution in [0.2, 0.25) is 0 Å². The first kappa shape index (κ1) is 24.5. The molecule has 0 radical (unpaired) electrons. The van der Waals surface area contributed by atoms with E-state index >= 15 is 0 Å². The molecule has 1 aliphatic heterocycles. The van der Waals surface area contributed by atoms with Crippen LogP contribution in [0, 0.1) is 0 Å². The van der Waals surface area contributed by atoms with E-state index in [1.165, 1.54) is 12.1 Å². The summed E-state index contributed by atoms with van der Waals surface area (Å²) < 4.78 is 31.9. The van der Waals surface area contributed by atoms with Crippen LogP contribution < -0.4 is 4.18 Å². The van der Waals surface area contributed by atoms with Gasteiger partial charge in [0.25, 0.3) is 0 Å². The van der Waals surface area contributed by atoms with Gasteiger partial charge in [-0.15, -0.1) is 0 Å². The zero-order valence-electron chi connectivity index (χ0n) is 19.0. The third-order valence-electron chi connectivity index (χ3n) is 6.82. The van der Waals surface area contributed by atoms with Crippen LogP contribution in [0.4, 0.5) is 0 Å². The van der Waals surface area contributed by atoms with Crippen LogP contribution in [0.1, 0.15) is 50.0 Å². The molecule has 0 bridgehead atoms. The van der Waals surface area contributed by atoms with Gasteiger partial charge in [0.05, 0.1) is 8.95 Å². The molecule has 182 valence electrons. The van der Waals surface area contributed by atoms with E-state index < -0.39 is 16.0 Å². The van der Waals surface area contributed by atoms with Crippen molar-refractivity contribution < 1.29 is 22.2 Å². The molecule has 3 aliphatic rings. The smallest absolute Gasteiger partial charge is 0.339 e. The van der Waals surface area contributed by atoms with Crippen LogP contribution in [-0.4, -0.2) is 31.9 Å². The molecule has 9 heteroatoms. The summed E-state index contributed by atoms with van der Waals surface area (Å²) in [4.78, 5) is 28.5. The topological polar surface area (TPSA) is 80.8 Å². The Bertz CT molecular complexity index is 1350. The summed E-state index contributed by atoms with van der Waals surface area (Å²) >= 11 is 6.95. The van der Waals surface area contributed by atoms with Crippen molar-refractivity contribution in [2.75, 3.05) is 7.05 Å². The minimum atomic E-state index is -4.05. The van der Waals surface area contributed by atoms with E-state index in [2.05, 4.69) is 36.8 Å². The minimum absolute atomic E-state index is 0.0448. The second kappa shape index (κ2) is 9.33.